The van der Waals surface area contributed by atoms with Crippen LogP contribution in [0.5, 0.6) is 0 Å². The van der Waals surface area contributed by atoms with Crippen molar-refractivity contribution in [2.45, 2.75) is 19.3 Å². The summed E-state index contributed by atoms with van der Waals surface area (Å²) in [7, 11) is 0. The fourth-order valence-electron chi connectivity index (χ4n) is 4.78. The van der Waals surface area contributed by atoms with Crippen LogP contribution in [0.2, 0.25) is 0 Å². The fraction of sp³-hybridized carbons (Fsp3) is 0.217. The summed E-state index contributed by atoms with van der Waals surface area (Å²) in [5.41, 5.74) is 6.15. The molecule has 1 saturated carbocycles. The van der Waals surface area contributed by atoms with Gasteiger partial charge in [-0.05, 0) is 64.1 Å². The smallest absolute Gasteiger partial charge is 0.0108 e. The van der Waals surface area contributed by atoms with Gasteiger partial charge in [0.15, 0.2) is 0 Å². The summed E-state index contributed by atoms with van der Waals surface area (Å²) in [6.07, 6.45) is 4.07. The van der Waals surface area contributed by atoms with E-state index in [1.807, 2.05) is 0 Å². The van der Waals surface area contributed by atoms with Gasteiger partial charge >= 0.3 is 0 Å². The zero-order chi connectivity index (χ0) is 15.2. The minimum atomic E-state index is 0.751. The summed E-state index contributed by atoms with van der Waals surface area (Å²) in [4.78, 5) is 0. The zero-order valence-electron chi connectivity index (χ0n) is 13.2. The average Bonchev–Trinajstić information content (AvgIpc) is 3.23. The molecular weight excluding hydrogens is 276 g/mol. The molecule has 2 bridgehead atoms. The quantitative estimate of drug-likeness (QED) is 0.529. The first-order chi connectivity index (χ1) is 11.4. The lowest BCUT2D eigenvalue weighted by atomic mass is 9.82. The molecule has 1 fully saturated rings. The van der Waals surface area contributed by atoms with Crippen molar-refractivity contribution in [3.63, 3.8) is 0 Å². The first kappa shape index (κ1) is 13.1. The van der Waals surface area contributed by atoms with E-state index in [4.69, 9.17) is 0 Å². The van der Waals surface area contributed by atoms with Crippen molar-refractivity contribution in [3.8, 4) is 0 Å². The summed E-state index contributed by atoms with van der Waals surface area (Å²) in [6, 6.07) is 26.7. The van der Waals surface area contributed by atoms with E-state index in [2.05, 4.69) is 72.8 Å². The van der Waals surface area contributed by atoms with Crippen LogP contribution in [0.15, 0.2) is 72.8 Å². The van der Waals surface area contributed by atoms with E-state index in [0.717, 1.165) is 11.8 Å². The maximum absolute atomic E-state index is 2.33. The second-order valence-corrected chi connectivity index (χ2v) is 6.93. The lowest BCUT2D eigenvalue weighted by Crippen LogP contribution is -2.03. The van der Waals surface area contributed by atoms with Crippen LogP contribution in [0.4, 0.5) is 0 Å². The van der Waals surface area contributed by atoms with E-state index >= 15 is 0 Å². The van der Waals surface area contributed by atoms with Gasteiger partial charge in [0.25, 0.3) is 0 Å². The predicted molar refractivity (Wildman–Crippen MR) is 98.0 cm³/mol. The highest BCUT2D eigenvalue weighted by Crippen LogP contribution is 2.56. The van der Waals surface area contributed by atoms with E-state index in [9.17, 15) is 0 Å². The van der Waals surface area contributed by atoms with Crippen LogP contribution < -0.4 is 0 Å². The Bertz CT molecular complexity index is 896. The van der Waals surface area contributed by atoms with Crippen molar-refractivity contribution in [2.24, 2.45) is 11.8 Å². The molecule has 2 unspecified atom stereocenters. The van der Waals surface area contributed by atoms with E-state index in [1.165, 1.54) is 41.2 Å². The summed E-state index contributed by atoms with van der Waals surface area (Å²) < 4.78 is 0. The summed E-state index contributed by atoms with van der Waals surface area (Å²) in [6.45, 7) is 0. The summed E-state index contributed by atoms with van der Waals surface area (Å²) in [5.74, 6) is 1.51. The van der Waals surface area contributed by atoms with Crippen molar-refractivity contribution < 1.29 is 0 Å². The molecule has 0 aromatic heterocycles. The molecule has 0 saturated heterocycles. The van der Waals surface area contributed by atoms with Gasteiger partial charge in [-0.25, -0.2) is 0 Å². The van der Waals surface area contributed by atoms with Crippen LogP contribution in [0.25, 0.3) is 21.9 Å². The first-order valence-electron chi connectivity index (χ1n) is 8.69. The zero-order valence-corrected chi connectivity index (χ0v) is 13.2. The molecule has 0 nitrogen and oxygen atoms in total. The van der Waals surface area contributed by atoms with Gasteiger partial charge in [0.2, 0.25) is 0 Å². The first-order valence-corrected chi connectivity index (χ1v) is 8.69. The monoisotopic (exact) mass is 296 g/mol. The second kappa shape index (κ2) is 5.09. The Kier molecular flexibility index (Phi) is 2.91. The molecule has 0 heterocycles. The molecule has 23 heavy (non-hydrogen) atoms. The SMILES string of the molecule is c1ccc(C2=C(c3cccc4ccccc34)C3CCC2C3)cc1. The van der Waals surface area contributed by atoms with Gasteiger partial charge in [-0.15, -0.1) is 0 Å². The summed E-state index contributed by atoms with van der Waals surface area (Å²) >= 11 is 0. The third-order valence-corrected chi connectivity index (χ3v) is 5.70. The molecule has 0 aliphatic heterocycles. The second-order valence-electron chi connectivity index (χ2n) is 6.93. The largest absolute Gasteiger partial charge is 0.0622 e. The molecule has 3 aromatic rings. The maximum Gasteiger partial charge on any atom is -0.0108 e. The van der Waals surface area contributed by atoms with Gasteiger partial charge in [-0.2, -0.15) is 0 Å². The lowest BCUT2D eigenvalue weighted by molar-refractivity contribution is 0.706. The number of hydrogen-bond acceptors (Lipinski definition) is 0. The number of allylic oxidation sites excluding steroid dienone is 2. The van der Waals surface area contributed by atoms with Crippen LogP contribution in [-0.4, -0.2) is 0 Å². The van der Waals surface area contributed by atoms with Crippen LogP contribution in [0.3, 0.4) is 0 Å². The predicted octanol–water partition coefficient (Wildman–Crippen LogP) is 6.18. The standard InChI is InChI=1S/C23H20/c1-2-8-17(9-3-1)22-18-13-14-19(15-18)23(22)21-12-6-10-16-7-4-5-11-20(16)21/h1-12,18-19H,13-15H2. The van der Waals surface area contributed by atoms with E-state index < -0.39 is 0 Å². The minimum absolute atomic E-state index is 0.751. The van der Waals surface area contributed by atoms with Crippen molar-refractivity contribution in [2.75, 3.05) is 0 Å². The number of rotatable bonds is 2. The Morgan fingerprint density at radius 2 is 1.30 bits per heavy atom. The van der Waals surface area contributed by atoms with E-state index in [1.54, 1.807) is 11.1 Å². The van der Waals surface area contributed by atoms with Crippen LogP contribution in [0.1, 0.15) is 30.4 Å². The number of hydrogen-bond donors (Lipinski definition) is 0. The van der Waals surface area contributed by atoms with Gasteiger partial charge in [-0.3, -0.25) is 0 Å². The number of benzene rings is 3. The average molecular weight is 296 g/mol. The summed E-state index contributed by atoms with van der Waals surface area (Å²) in [5, 5.41) is 2.76. The molecule has 112 valence electrons. The van der Waals surface area contributed by atoms with E-state index in [0.29, 0.717) is 0 Å². The Morgan fingerprint density at radius 3 is 2.17 bits per heavy atom. The molecule has 2 atom stereocenters. The lowest BCUT2D eigenvalue weighted by Gasteiger charge is -2.22. The fourth-order valence-corrected chi connectivity index (χ4v) is 4.78. The van der Waals surface area contributed by atoms with Gasteiger partial charge in [0, 0.05) is 0 Å². The van der Waals surface area contributed by atoms with Gasteiger partial charge < -0.3 is 0 Å². The molecule has 2 aliphatic carbocycles. The van der Waals surface area contributed by atoms with Gasteiger partial charge in [-0.1, -0.05) is 72.8 Å². The molecular formula is C23H20. The maximum atomic E-state index is 2.33. The van der Waals surface area contributed by atoms with Crippen LogP contribution in [0, 0.1) is 11.8 Å². The van der Waals surface area contributed by atoms with Gasteiger partial charge in [0.1, 0.15) is 0 Å². The Labute approximate surface area is 137 Å². The number of fused-ring (bicyclic) bond motifs is 3. The normalized spacial score (nSPS) is 23.0. The third-order valence-electron chi connectivity index (χ3n) is 5.70. The minimum Gasteiger partial charge on any atom is -0.0622 e. The third kappa shape index (κ3) is 1.98. The Balaban J connectivity index is 1.80. The van der Waals surface area contributed by atoms with Crippen molar-refractivity contribution in [3.05, 3.63) is 83.9 Å². The van der Waals surface area contributed by atoms with Crippen molar-refractivity contribution in [1.82, 2.24) is 0 Å². The highest BCUT2D eigenvalue weighted by Gasteiger charge is 2.40. The van der Waals surface area contributed by atoms with Gasteiger partial charge in [0.05, 0.1) is 0 Å². The Hall–Kier alpha value is -2.34. The highest BCUT2D eigenvalue weighted by molar-refractivity contribution is 6.04. The molecule has 0 radical (unpaired) electrons. The van der Waals surface area contributed by atoms with Crippen molar-refractivity contribution >= 4 is 21.9 Å². The molecule has 0 heteroatoms. The van der Waals surface area contributed by atoms with Crippen LogP contribution in [-0.2, 0) is 0 Å². The molecule has 2 aliphatic rings. The Morgan fingerprint density at radius 1 is 0.609 bits per heavy atom. The van der Waals surface area contributed by atoms with Crippen LogP contribution >= 0.6 is 0 Å². The molecule has 0 spiro atoms. The molecule has 0 amide bonds. The molecule has 0 N–H and O–H groups in total. The highest BCUT2D eigenvalue weighted by atomic mass is 14.4. The molecule has 5 rings (SSSR count). The molecule has 3 aromatic carbocycles. The topological polar surface area (TPSA) is 0 Å². The van der Waals surface area contributed by atoms with E-state index in [-0.39, 0.29) is 0 Å². The van der Waals surface area contributed by atoms with Crippen molar-refractivity contribution in [1.29, 1.82) is 0 Å².